The first-order chi connectivity index (χ1) is 8.67. The van der Waals surface area contributed by atoms with E-state index in [4.69, 9.17) is 16.3 Å². The summed E-state index contributed by atoms with van der Waals surface area (Å²) in [5.41, 5.74) is 0. The zero-order valence-electron chi connectivity index (χ0n) is 10.2. The lowest BCUT2D eigenvalue weighted by Gasteiger charge is -2.21. The van der Waals surface area contributed by atoms with Gasteiger partial charge in [-0.1, -0.05) is 6.92 Å². The lowest BCUT2D eigenvalue weighted by molar-refractivity contribution is 0.154. The van der Waals surface area contributed by atoms with Crippen LogP contribution in [0.3, 0.4) is 0 Å². The molecule has 7 heteroatoms. The second kappa shape index (κ2) is 8.02. The molecule has 1 aromatic heterocycles. The smallest absolute Gasteiger partial charge is 0.255 e. The van der Waals surface area contributed by atoms with Crippen molar-refractivity contribution >= 4 is 17.5 Å². The minimum Gasteiger partial charge on any atom is -0.478 e. The maximum Gasteiger partial charge on any atom is 0.255 e. The van der Waals surface area contributed by atoms with Crippen LogP contribution in [0.1, 0.15) is 13.3 Å². The van der Waals surface area contributed by atoms with Crippen molar-refractivity contribution in [1.82, 2.24) is 9.97 Å². The van der Waals surface area contributed by atoms with Gasteiger partial charge in [-0.2, -0.15) is 4.98 Å². The van der Waals surface area contributed by atoms with Crippen molar-refractivity contribution < 1.29 is 13.5 Å². The Bertz CT molecular complexity index is 355. The minimum absolute atomic E-state index is 0.213. The Kier molecular flexibility index (Phi) is 6.64. The summed E-state index contributed by atoms with van der Waals surface area (Å²) in [7, 11) is 0. The molecular formula is C11H16ClF2N3O. The van der Waals surface area contributed by atoms with Crippen LogP contribution in [0.2, 0.25) is 0 Å². The van der Waals surface area contributed by atoms with Crippen molar-refractivity contribution in [2.24, 2.45) is 0 Å². The van der Waals surface area contributed by atoms with Gasteiger partial charge in [0.05, 0.1) is 13.2 Å². The Morgan fingerprint density at radius 3 is 2.89 bits per heavy atom. The third-order valence-corrected chi connectivity index (χ3v) is 2.24. The molecular weight excluding hydrogens is 264 g/mol. The molecule has 0 aliphatic rings. The molecule has 0 aliphatic heterocycles. The van der Waals surface area contributed by atoms with Gasteiger partial charge in [0.2, 0.25) is 11.8 Å². The van der Waals surface area contributed by atoms with Crippen molar-refractivity contribution in [2.75, 3.05) is 30.5 Å². The minimum atomic E-state index is -2.46. The van der Waals surface area contributed by atoms with Gasteiger partial charge in [0.15, 0.2) is 0 Å². The molecule has 0 radical (unpaired) electrons. The molecule has 1 aromatic rings. The van der Waals surface area contributed by atoms with Crippen molar-refractivity contribution in [3.63, 3.8) is 0 Å². The van der Waals surface area contributed by atoms with Gasteiger partial charge >= 0.3 is 0 Å². The van der Waals surface area contributed by atoms with Gasteiger partial charge in [-0.3, -0.25) is 0 Å². The molecule has 1 rings (SSSR count). The third kappa shape index (κ3) is 5.00. The first kappa shape index (κ1) is 14.9. The van der Waals surface area contributed by atoms with Gasteiger partial charge in [-0.15, -0.1) is 11.6 Å². The van der Waals surface area contributed by atoms with Crippen molar-refractivity contribution in [3.8, 4) is 5.88 Å². The van der Waals surface area contributed by atoms with Crippen LogP contribution in [-0.4, -0.2) is 42.0 Å². The first-order valence-electron chi connectivity index (χ1n) is 5.72. The number of anilines is 1. The van der Waals surface area contributed by atoms with Gasteiger partial charge in [-0.05, 0) is 6.42 Å². The zero-order valence-corrected chi connectivity index (χ0v) is 10.9. The van der Waals surface area contributed by atoms with E-state index < -0.39 is 13.0 Å². The van der Waals surface area contributed by atoms with E-state index in [1.54, 1.807) is 6.07 Å². The van der Waals surface area contributed by atoms with Crippen LogP contribution in [0.5, 0.6) is 5.88 Å². The summed E-state index contributed by atoms with van der Waals surface area (Å²) in [5, 5.41) is 0. The van der Waals surface area contributed by atoms with Crippen LogP contribution in [0.4, 0.5) is 14.7 Å². The summed E-state index contributed by atoms with van der Waals surface area (Å²) in [5.74, 6) is 0.830. The number of rotatable bonds is 8. The molecule has 102 valence electrons. The van der Waals surface area contributed by atoms with Gasteiger partial charge < -0.3 is 9.64 Å². The van der Waals surface area contributed by atoms with Crippen molar-refractivity contribution in [1.29, 1.82) is 0 Å². The Morgan fingerprint density at radius 1 is 1.50 bits per heavy atom. The van der Waals surface area contributed by atoms with Crippen LogP contribution in [-0.2, 0) is 0 Å². The second-order valence-corrected chi connectivity index (χ2v) is 3.95. The highest BCUT2D eigenvalue weighted by Crippen LogP contribution is 2.14. The maximum absolute atomic E-state index is 12.4. The average molecular weight is 280 g/mol. The van der Waals surface area contributed by atoms with E-state index in [1.165, 1.54) is 11.1 Å². The largest absolute Gasteiger partial charge is 0.478 e. The summed E-state index contributed by atoms with van der Waals surface area (Å²) in [6.07, 6.45) is -0.126. The van der Waals surface area contributed by atoms with E-state index in [0.717, 1.165) is 6.42 Å². The number of halogens is 3. The highest BCUT2D eigenvalue weighted by Gasteiger charge is 2.15. The molecule has 0 aliphatic carbocycles. The van der Waals surface area contributed by atoms with Crippen LogP contribution >= 0.6 is 11.6 Å². The van der Waals surface area contributed by atoms with E-state index in [9.17, 15) is 8.78 Å². The molecule has 1 heterocycles. The van der Waals surface area contributed by atoms with Crippen LogP contribution in [0.15, 0.2) is 12.3 Å². The zero-order chi connectivity index (χ0) is 13.4. The third-order valence-electron chi connectivity index (χ3n) is 2.07. The Hall–Kier alpha value is -1.17. The quantitative estimate of drug-likeness (QED) is 0.686. The number of hydrogen-bond donors (Lipinski definition) is 0. The Balaban J connectivity index is 2.76. The molecule has 0 atom stereocenters. The molecule has 0 fully saturated rings. The topological polar surface area (TPSA) is 38.2 Å². The fraction of sp³-hybridized carbons (Fsp3) is 0.636. The van der Waals surface area contributed by atoms with E-state index in [1.807, 2.05) is 6.92 Å². The highest BCUT2D eigenvalue weighted by molar-refractivity contribution is 6.18. The SMILES string of the molecule is CCCOc1ccnc(N(CCCl)CC(F)F)n1. The monoisotopic (exact) mass is 279 g/mol. The predicted octanol–water partition coefficient (Wildman–Crippen LogP) is 2.58. The molecule has 0 saturated heterocycles. The van der Waals surface area contributed by atoms with Gasteiger partial charge in [0, 0.05) is 24.7 Å². The maximum atomic E-state index is 12.4. The Morgan fingerprint density at radius 2 is 2.28 bits per heavy atom. The van der Waals surface area contributed by atoms with E-state index in [2.05, 4.69) is 9.97 Å². The van der Waals surface area contributed by atoms with Gasteiger partial charge in [-0.25, -0.2) is 13.8 Å². The van der Waals surface area contributed by atoms with Gasteiger partial charge in [0.25, 0.3) is 6.43 Å². The second-order valence-electron chi connectivity index (χ2n) is 3.57. The van der Waals surface area contributed by atoms with Crippen LogP contribution in [0.25, 0.3) is 0 Å². The molecule has 0 spiro atoms. The predicted molar refractivity (Wildman–Crippen MR) is 66.8 cm³/mol. The first-order valence-corrected chi connectivity index (χ1v) is 6.25. The molecule has 0 bridgehead atoms. The molecule has 0 amide bonds. The standard InChI is InChI=1S/C11H16ClF2N3O/c1-2-7-18-10-3-5-15-11(16-10)17(6-4-12)8-9(13)14/h3,5,9H,2,4,6-8H2,1H3. The van der Waals surface area contributed by atoms with Crippen LogP contribution < -0.4 is 9.64 Å². The summed E-state index contributed by atoms with van der Waals surface area (Å²) in [6.45, 7) is 2.33. The molecule has 0 N–H and O–H groups in total. The summed E-state index contributed by atoms with van der Waals surface area (Å²) in [6, 6.07) is 1.60. The Labute approximate surface area is 110 Å². The molecule has 18 heavy (non-hydrogen) atoms. The van der Waals surface area contributed by atoms with Crippen LogP contribution in [0, 0.1) is 0 Å². The van der Waals surface area contributed by atoms with Gasteiger partial charge in [0.1, 0.15) is 0 Å². The number of alkyl halides is 3. The summed E-state index contributed by atoms with van der Waals surface area (Å²) in [4.78, 5) is 9.39. The molecule has 4 nitrogen and oxygen atoms in total. The number of nitrogens with zero attached hydrogens (tertiary/aromatic N) is 3. The fourth-order valence-corrected chi connectivity index (χ4v) is 1.52. The normalized spacial score (nSPS) is 10.7. The highest BCUT2D eigenvalue weighted by atomic mass is 35.5. The summed E-state index contributed by atoms with van der Waals surface area (Å²) < 4.78 is 30.2. The molecule has 0 saturated carbocycles. The van der Waals surface area contributed by atoms with E-state index in [0.29, 0.717) is 12.5 Å². The number of ether oxygens (including phenoxy) is 1. The van der Waals surface area contributed by atoms with Crippen molar-refractivity contribution in [3.05, 3.63) is 12.3 Å². The summed E-state index contributed by atoms with van der Waals surface area (Å²) >= 11 is 5.58. The number of hydrogen-bond acceptors (Lipinski definition) is 4. The van der Waals surface area contributed by atoms with E-state index >= 15 is 0 Å². The van der Waals surface area contributed by atoms with E-state index in [-0.39, 0.29) is 18.4 Å². The van der Waals surface area contributed by atoms with Crippen molar-refractivity contribution in [2.45, 2.75) is 19.8 Å². The average Bonchev–Trinajstić information content (AvgIpc) is 2.36. The fourth-order valence-electron chi connectivity index (χ4n) is 1.31. The lowest BCUT2D eigenvalue weighted by Crippen LogP contribution is -2.32. The molecule has 0 unspecified atom stereocenters. The lowest BCUT2D eigenvalue weighted by atomic mass is 10.5. The number of aromatic nitrogens is 2. The molecule has 0 aromatic carbocycles.